The summed E-state index contributed by atoms with van der Waals surface area (Å²) in [6, 6.07) is 0. The van der Waals surface area contributed by atoms with Gasteiger partial charge < -0.3 is 9.84 Å². The molecule has 0 aromatic carbocycles. The molecule has 0 amide bonds. The van der Waals surface area contributed by atoms with Crippen LogP contribution in [0.15, 0.2) is 0 Å². The Hall–Kier alpha value is -0.0800. The number of aliphatic hydroxyl groups excluding tert-OH is 1. The first-order chi connectivity index (χ1) is 6.95. The molecule has 0 radical (unpaired) electrons. The average Bonchev–Trinajstić information content (AvgIpc) is 2.08. The van der Waals surface area contributed by atoms with Crippen LogP contribution in [0.25, 0.3) is 0 Å². The van der Waals surface area contributed by atoms with E-state index in [2.05, 4.69) is 27.7 Å². The monoisotopic (exact) mass is 216 g/mol. The third-order valence-electron chi connectivity index (χ3n) is 2.35. The van der Waals surface area contributed by atoms with E-state index >= 15 is 0 Å². The molecule has 0 saturated carbocycles. The number of unbranched alkanes of at least 4 members (excludes halogenated alkanes) is 4. The summed E-state index contributed by atoms with van der Waals surface area (Å²) in [5, 5.41) is 9.57. The molecule has 92 valence electrons. The van der Waals surface area contributed by atoms with Crippen LogP contribution in [0.1, 0.15) is 66.2 Å². The molecule has 1 atom stereocenters. The van der Waals surface area contributed by atoms with Crippen molar-refractivity contribution in [3.63, 3.8) is 0 Å². The topological polar surface area (TPSA) is 29.5 Å². The molecule has 0 aromatic heterocycles. The SMILES string of the molecule is CCCCCCCOC(O)CC(C)(C)C. The summed E-state index contributed by atoms with van der Waals surface area (Å²) in [7, 11) is 0. The summed E-state index contributed by atoms with van der Waals surface area (Å²) in [6.45, 7) is 9.24. The van der Waals surface area contributed by atoms with Gasteiger partial charge in [-0.25, -0.2) is 0 Å². The highest BCUT2D eigenvalue weighted by Gasteiger charge is 2.16. The predicted octanol–water partition coefficient (Wildman–Crippen LogP) is 3.73. The van der Waals surface area contributed by atoms with E-state index in [1.54, 1.807) is 0 Å². The number of aliphatic hydroxyl groups is 1. The molecule has 0 aliphatic rings. The van der Waals surface area contributed by atoms with Crippen molar-refractivity contribution >= 4 is 0 Å². The van der Waals surface area contributed by atoms with E-state index in [4.69, 9.17) is 4.74 Å². The third kappa shape index (κ3) is 11.8. The second kappa shape index (κ2) is 8.12. The Labute approximate surface area is 95.0 Å². The Balaban J connectivity index is 3.28. The van der Waals surface area contributed by atoms with E-state index in [9.17, 15) is 5.11 Å². The van der Waals surface area contributed by atoms with E-state index < -0.39 is 6.29 Å². The molecule has 1 N–H and O–H groups in total. The highest BCUT2D eigenvalue weighted by molar-refractivity contribution is 4.62. The Bertz CT molecular complexity index is 138. The first-order valence-electron chi connectivity index (χ1n) is 6.25. The molecule has 0 aliphatic heterocycles. The van der Waals surface area contributed by atoms with Gasteiger partial charge in [0.1, 0.15) is 0 Å². The van der Waals surface area contributed by atoms with Crippen molar-refractivity contribution < 1.29 is 9.84 Å². The summed E-state index contributed by atoms with van der Waals surface area (Å²) in [6.07, 6.45) is 6.28. The standard InChI is InChI=1S/C13H28O2/c1-5-6-7-8-9-10-15-12(14)11-13(2,3)4/h12,14H,5-11H2,1-4H3. The maximum absolute atomic E-state index is 9.57. The Kier molecular flexibility index (Phi) is 8.07. The zero-order valence-electron chi connectivity index (χ0n) is 10.9. The van der Waals surface area contributed by atoms with E-state index in [-0.39, 0.29) is 5.41 Å². The molecule has 0 saturated heterocycles. The Morgan fingerprint density at radius 3 is 2.20 bits per heavy atom. The normalized spacial score (nSPS) is 14.2. The van der Waals surface area contributed by atoms with Crippen LogP contribution in [0.4, 0.5) is 0 Å². The van der Waals surface area contributed by atoms with Crippen LogP contribution in [-0.2, 0) is 4.74 Å². The van der Waals surface area contributed by atoms with Gasteiger partial charge in [-0.3, -0.25) is 0 Å². The van der Waals surface area contributed by atoms with Gasteiger partial charge in [-0.1, -0.05) is 53.4 Å². The second-order valence-corrected chi connectivity index (χ2v) is 5.50. The molecule has 0 bridgehead atoms. The third-order valence-corrected chi connectivity index (χ3v) is 2.35. The van der Waals surface area contributed by atoms with Crippen LogP contribution in [0, 0.1) is 5.41 Å². The molecule has 0 aliphatic carbocycles. The fraction of sp³-hybridized carbons (Fsp3) is 1.00. The van der Waals surface area contributed by atoms with Crippen LogP contribution in [-0.4, -0.2) is 18.0 Å². The zero-order chi connectivity index (χ0) is 11.7. The molecular weight excluding hydrogens is 188 g/mol. The van der Waals surface area contributed by atoms with Gasteiger partial charge in [0.25, 0.3) is 0 Å². The van der Waals surface area contributed by atoms with Crippen molar-refractivity contribution in [3.8, 4) is 0 Å². The first kappa shape index (κ1) is 14.9. The van der Waals surface area contributed by atoms with Crippen molar-refractivity contribution in [2.24, 2.45) is 5.41 Å². The van der Waals surface area contributed by atoms with Gasteiger partial charge in [0, 0.05) is 13.0 Å². The van der Waals surface area contributed by atoms with E-state index in [0.717, 1.165) is 6.42 Å². The highest BCUT2D eigenvalue weighted by Crippen LogP contribution is 2.21. The summed E-state index contributed by atoms with van der Waals surface area (Å²) in [5.41, 5.74) is 0.141. The van der Waals surface area contributed by atoms with Gasteiger partial charge in [-0.15, -0.1) is 0 Å². The fourth-order valence-corrected chi connectivity index (χ4v) is 1.51. The van der Waals surface area contributed by atoms with Crippen LogP contribution in [0.5, 0.6) is 0 Å². The lowest BCUT2D eigenvalue weighted by Gasteiger charge is -2.22. The number of hydrogen-bond donors (Lipinski definition) is 1. The number of rotatable bonds is 8. The van der Waals surface area contributed by atoms with Crippen molar-refractivity contribution in [1.82, 2.24) is 0 Å². The molecule has 0 fully saturated rings. The lowest BCUT2D eigenvalue weighted by molar-refractivity contribution is -0.118. The molecule has 0 spiro atoms. The van der Waals surface area contributed by atoms with Crippen molar-refractivity contribution in [2.45, 2.75) is 72.5 Å². The molecule has 2 nitrogen and oxygen atoms in total. The molecule has 0 rings (SSSR count). The Morgan fingerprint density at radius 1 is 1.07 bits per heavy atom. The van der Waals surface area contributed by atoms with Gasteiger partial charge >= 0.3 is 0 Å². The fourth-order valence-electron chi connectivity index (χ4n) is 1.51. The molecule has 2 heteroatoms. The van der Waals surface area contributed by atoms with E-state index in [1.807, 2.05) is 0 Å². The molecular formula is C13H28O2. The van der Waals surface area contributed by atoms with Crippen LogP contribution in [0.3, 0.4) is 0 Å². The van der Waals surface area contributed by atoms with Gasteiger partial charge in [0.15, 0.2) is 6.29 Å². The second-order valence-electron chi connectivity index (χ2n) is 5.50. The van der Waals surface area contributed by atoms with Crippen LogP contribution >= 0.6 is 0 Å². The lowest BCUT2D eigenvalue weighted by atomic mass is 9.92. The Morgan fingerprint density at radius 2 is 1.67 bits per heavy atom. The summed E-state index contributed by atoms with van der Waals surface area (Å²) >= 11 is 0. The smallest absolute Gasteiger partial charge is 0.155 e. The van der Waals surface area contributed by atoms with Gasteiger partial charge in [0.05, 0.1) is 0 Å². The molecule has 1 unspecified atom stereocenters. The largest absolute Gasteiger partial charge is 0.368 e. The maximum atomic E-state index is 9.57. The lowest BCUT2D eigenvalue weighted by Crippen LogP contribution is -2.20. The summed E-state index contributed by atoms with van der Waals surface area (Å²) < 4.78 is 5.35. The van der Waals surface area contributed by atoms with E-state index in [0.29, 0.717) is 13.0 Å². The van der Waals surface area contributed by atoms with Gasteiger partial charge in [-0.05, 0) is 11.8 Å². The molecule has 0 heterocycles. The van der Waals surface area contributed by atoms with Crippen molar-refractivity contribution in [2.75, 3.05) is 6.61 Å². The minimum absolute atomic E-state index is 0.141. The predicted molar refractivity (Wildman–Crippen MR) is 64.8 cm³/mol. The molecule has 0 aromatic rings. The minimum atomic E-state index is -0.587. The van der Waals surface area contributed by atoms with Crippen molar-refractivity contribution in [1.29, 1.82) is 0 Å². The minimum Gasteiger partial charge on any atom is -0.368 e. The molecule has 15 heavy (non-hydrogen) atoms. The van der Waals surface area contributed by atoms with Crippen LogP contribution < -0.4 is 0 Å². The quantitative estimate of drug-likeness (QED) is 0.495. The zero-order valence-corrected chi connectivity index (χ0v) is 10.9. The summed E-state index contributed by atoms with van der Waals surface area (Å²) in [4.78, 5) is 0. The number of hydrogen-bond acceptors (Lipinski definition) is 2. The average molecular weight is 216 g/mol. The van der Waals surface area contributed by atoms with Crippen LogP contribution in [0.2, 0.25) is 0 Å². The number of ether oxygens (including phenoxy) is 1. The van der Waals surface area contributed by atoms with Gasteiger partial charge in [-0.2, -0.15) is 0 Å². The maximum Gasteiger partial charge on any atom is 0.155 e. The first-order valence-corrected chi connectivity index (χ1v) is 6.25. The van der Waals surface area contributed by atoms with E-state index in [1.165, 1.54) is 25.7 Å². The van der Waals surface area contributed by atoms with Crippen molar-refractivity contribution in [3.05, 3.63) is 0 Å². The highest BCUT2D eigenvalue weighted by atomic mass is 16.6. The van der Waals surface area contributed by atoms with Gasteiger partial charge in [0.2, 0.25) is 0 Å². The summed E-state index contributed by atoms with van der Waals surface area (Å²) in [5.74, 6) is 0.